The molecule has 4 aliphatic carbocycles. The van der Waals surface area contributed by atoms with E-state index >= 15 is 0 Å². The molecule has 0 amide bonds. The molecule has 4 aliphatic rings. The predicted octanol–water partition coefficient (Wildman–Crippen LogP) is 5.22. The summed E-state index contributed by atoms with van der Waals surface area (Å²) in [6.45, 7) is 5.77. The third-order valence-electron chi connectivity index (χ3n) is 9.06. The molecule has 0 aromatic heterocycles. The molecule has 146 valence electrons. The molecule has 3 unspecified atom stereocenters. The van der Waals surface area contributed by atoms with Gasteiger partial charge in [0.05, 0.1) is 6.10 Å². The zero-order chi connectivity index (χ0) is 18.4. The molecule has 2 heteroatoms. The Bertz CT molecular complexity index is 581. The molecule has 3 fully saturated rings. The first-order valence-corrected chi connectivity index (χ1v) is 11.2. The van der Waals surface area contributed by atoms with Gasteiger partial charge in [-0.3, -0.25) is 0 Å². The molecule has 0 saturated heterocycles. The zero-order valence-corrected chi connectivity index (χ0v) is 16.9. The normalized spacial score (nSPS) is 48.0. The van der Waals surface area contributed by atoms with Gasteiger partial charge in [0.15, 0.2) is 0 Å². The van der Waals surface area contributed by atoms with Gasteiger partial charge in [-0.2, -0.15) is 0 Å². The molecule has 0 heterocycles. The van der Waals surface area contributed by atoms with Crippen LogP contribution >= 0.6 is 0 Å². The van der Waals surface area contributed by atoms with Crippen molar-refractivity contribution < 1.29 is 5.11 Å². The molecule has 0 spiro atoms. The smallest absolute Gasteiger partial charge is 0.0596 e. The van der Waals surface area contributed by atoms with Crippen molar-refractivity contribution in [2.75, 3.05) is 6.54 Å². The van der Waals surface area contributed by atoms with Gasteiger partial charge in [0.25, 0.3) is 0 Å². The minimum atomic E-state index is -0.0485. The Balaban J connectivity index is 1.51. The van der Waals surface area contributed by atoms with E-state index in [0.29, 0.717) is 11.3 Å². The maximum absolute atomic E-state index is 10.6. The van der Waals surface area contributed by atoms with Gasteiger partial charge in [0.1, 0.15) is 0 Å². The molecular formula is C24H39NO. The van der Waals surface area contributed by atoms with Gasteiger partial charge in [-0.1, -0.05) is 37.6 Å². The van der Waals surface area contributed by atoms with E-state index in [-0.39, 0.29) is 11.5 Å². The second-order valence-electron chi connectivity index (χ2n) is 10.2. The van der Waals surface area contributed by atoms with Crippen molar-refractivity contribution in [3.8, 4) is 0 Å². The Hall–Kier alpha value is -0.600. The number of hydrogen-bond donors (Lipinski definition) is 2. The molecule has 3 N–H and O–H groups in total. The average molecular weight is 358 g/mol. The molecule has 0 radical (unpaired) electrons. The number of rotatable bonds is 4. The second-order valence-corrected chi connectivity index (χ2v) is 10.2. The van der Waals surface area contributed by atoms with Crippen molar-refractivity contribution in [1.29, 1.82) is 0 Å². The average Bonchev–Trinajstić information content (AvgIpc) is 2.94. The van der Waals surface area contributed by atoms with E-state index in [0.717, 1.165) is 43.6 Å². The molecule has 4 rings (SSSR count). The second kappa shape index (κ2) is 7.09. The summed E-state index contributed by atoms with van der Waals surface area (Å²) < 4.78 is 0. The first-order valence-electron chi connectivity index (χ1n) is 11.2. The van der Waals surface area contributed by atoms with Crippen molar-refractivity contribution >= 4 is 0 Å². The Morgan fingerprint density at radius 1 is 1.12 bits per heavy atom. The number of aliphatic hydroxyl groups is 1. The van der Waals surface area contributed by atoms with E-state index in [2.05, 4.69) is 32.1 Å². The Labute approximate surface area is 160 Å². The molecule has 0 bridgehead atoms. The summed E-state index contributed by atoms with van der Waals surface area (Å²) in [5.41, 5.74) is 8.01. The third-order valence-corrected chi connectivity index (χ3v) is 9.06. The number of fused-ring (bicyclic) bond motifs is 5. The SMILES string of the molecule is C[C@]12CC[C@@H](/C=C/CCCN)C=C1CCC1C2CC[C@@]2(C)C1CC[C@@H]2O. The Kier molecular flexibility index (Phi) is 5.11. The van der Waals surface area contributed by atoms with Crippen LogP contribution in [0.2, 0.25) is 0 Å². The van der Waals surface area contributed by atoms with Crippen molar-refractivity contribution in [1.82, 2.24) is 0 Å². The fourth-order valence-corrected chi connectivity index (χ4v) is 7.39. The van der Waals surface area contributed by atoms with Gasteiger partial charge in [-0.25, -0.2) is 0 Å². The van der Waals surface area contributed by atoms with Crippen LogP contribution in [0.5, 0.6) is 0 Å². The maximum atomic E-state index is 10.6. The van der Waals surface area contributed by atoms with Crippen LogP contribution in [-0.4, -0.2) is 17.8 Å². The van der Waals surface area contributed by atoms with Gasteiger partial charge in [-0.15, -0.1) is 0 Å². The van der Waals surface area contributed by atoms with Gasteiger partial charge in [0.2, 0.25) is 0 Å². The van der Waals surface area contributed by atoms with E-state index in [4.69, 9.17) is 5.73 Å². The van der Waals surface area contributed by atoms with Crippen LogP contribution in [0.1, 0.15) is 78.1 Å². The topological polar surface area (TPSA) is 46.2 Å². The predicted molar refractivity (Wildman–Crippen MR) is 109 cm³/mol. The molecular weight excluding hydrogens is 318 g/mol. The lowest BCUT2D eigenvalue weighted by atomic mass is 9.47. The van der Waals surface area contributed by atoms with Crippen LogP contribution in [-0.2, 0) is 0 Å². The quantitative estimate of drug-likeness (QED) is 0.535. The summed E-state index contributed by atoms with van der Waals surface area (Å²) in [6.07, 6.45) is 19.8. The van der Waals surface area contributed by atoms with E-state index in [1.807, 2.05) is 0 Å². The molecule has 0 aromatic carbocycles. The van der Waals surface area contributed by atoms with Crippen molar-refractivity contribution in [3.05, 3.63) is 23.8 Å². The summed E-state index contributed by atoms with van der Waals surface area (Å²) >= 11 is 0. The van der Waals surface area contributed by atoms with E-state index in [9.17, 15) is 5.11 Å². The van der Waals surface area contributed by atoms with Gasteiger partial charge in [0, 0.05) is 0 Å². The molecule has 0 aliphatic heterocycles. The number of hydrogen-bond acceptors (Lipinski definition) is 2. The standard InChI is InChI=1S/C24H39NO/c1-23-13-11-17(6-4-3-5-15-25)16-18(23)7-8-19-20-9-10-22(26)24(20,2)14-12-21(19)23/h4,6,16-17,19-22,26H,3,5,7-15,25H2,1-2H3/b6-4+/t17-,19?,20?,21?,22+,23+,24+/m1/s1. The van der Waals surface area contributed by atoms with Crippen LogP contribution < -0.4 is 5.73 Å². The van der Waals surface area contributed by atoms with Crippen LogP contribution in [0, 0.1) is 34.5 Å². The maximum Gasteiger partial charge on any atom is 0.0596 e. The van der Waals surface area contributed by atoms with Gasteiger partial charge < -0.3 is 10.8 Å². The molecule has 26 heavy (non-hydrogen) atoms. The lowest BCUT2D eigenvalue weighted by Gasteiger charge is -2.58. The molecule has 0 aromatic rings. The number of unbranched alkanes of at least 4 members (excludes halogenated alkanes) is 1. The fourth-order valence-electron chi connectivity index (χ4n) is 7.39. The van der Waals surface area contributed by atoms with Gasteiger partial charge in [-0.05, 0) is 105 Å². The lowest BCUT2D eigenvalue weighted by molar-refractivity contribution is -0.0742. The van der Waals surface area contributed by atoms with E-state index in [1.54, 1.807) is 5.57 Å². The van der Waals surface area contributed by atoms with Crippen molar-refractivity contribution in [3.63, 3.8) is 0 Å². The third kappa shape index (κ3) is 2.92. The Morgan fingerprint density at radius 2 is 1.96 bits per heavy atom. The van der Waals surface area contributed by atoms with E-state index < -0.39 is 0 Å². The van der Waals surface area contributed by atoms with Gasteiger partial charge >= 0.3 is 0 Å². The zero-order valence-electron chi connectivity index (χ0n) is 16.9. The molecule has 7 atom stereocenters. The van der Waals surface area contributed by atoms with Crippen LogP contribution in [0.15, 0.2) is 23.8 Å². The molecule has 2 nitrogen and oxygen atoms in total. The number of allylic oxidation sites excluding steroid dienone is 4. The first kappa shape index (κ1) is 18.7. The highest BCUT2D eigenvalue weighted by atomic mass is 16.3. The number of nitrogens with two attached hydrogens (primary N) is 1. The van der Waals surface area contributed by atoms with Crippen LogP contribution in [0.25, 0.3) is 0 Å². The summed E-state index contributed by atoms with van der Waals surface area (Å²) in [5, 5.41) is 10.6. The first-order chi connectivity index (χ1) is 12.5. The van der Waals surface area contributed by atoms with Crippen molar-refractivity contribution in [2.24, 2.45) is 40.2 Å². The van der Waals surface area contributed by atoms with Crippen LogP contribution in [0.3, 0.4) is 0 Å². The van der Waals surface area contributed by atoms with Crippen molar-refractivity contribution in [2.45, 2.75) is 84.2 Å². The summed E-state index contributed by atoms with van der Waals surface area (Å²) in [5.74, 6) is 3.12. The van der Waals surface area contributed by atoms with E-state index in [1.165, 1.54) is 44.9 Å². The molecule has 3 saturated carbocycles. The summed E-state index contributed by atoms with van der Waals surface area (Å²) in [4.78, 5) is 0. The highest BCUT2D eigenvalue weighted by Gasteiger charge is 2.58. The summed E-state index contributed by atoms with van der Waals surface area (Å²) in [6, 6.07) is 0. The summed E-state index contributed by atoms with van der Waals surface area (Å²) in [7, 11) is 0. The fraction of sp³-hybridized carbons (Fsp3) is 0.833. The Morgan fingerprint density at radius 3 is 2.77 bits per heavy atom. The van der Waals surface area contributed by atoms with Crippen LogP contribution in [0.4, 0.5) is 0 Å². The minimum absolute atomic E-state index is 0.0485. The lowest BCUT2D eigenvalue weighted by Crippen LogP contribution is -2.51. The number of aliphatic hydroxyl groups excluding tert-OH is 1. The largest absolute Gasteiger partial charge is 0.393 e. The minimum Gasteiger partial charge on any atom is -0.393 e. The monoisotopic (exact) mass is 357 g/mol. The highest BCUT2D eigenvalue weighted by Crippen LogP contribution is 2.65. The highest BCUT2D eigenvalue weighted by molar-refractivity contribution is 5.26.